The standard InChI is InChI=1S/C22H22N6OS/c1-13-17(30-20(25-13)15-5-7-16(8-6-15)22(2,3)4)19-27-28-21(29-19)26-18(23)14-9-11-24-12-10-14/h5-12H,1-4H3,(H2,23,26,28). The molecule has 2 N–H and O–H groups in total. The fraction of sp³-hybridized carbons (Fsp3) is 0.227. The van der Waals surface area contributed by atoms with E-state index < -0.39 is 0 Å². The summed E-state index contributed by atoms with van der Waals surface area (Å²) in [6.45, 7) is 8.53. The van der Waals surface area contributed by atoms with Crippen molar-refractivity contribution in [2.45, 2.75) is 33.1 Å². The molecule has 3 aromatic heterocycles. The van der Waals surface area contributed by atoms with Gasteiger partial charge >= 0.3 is 6.01 Å². The molecule has 152 valence electrons. The quantitative estimate of drug-likeness (QED) is 0.373. The predicted molar refractivity (Wildman–Crippen MR) is 119 cm³/mol. The lowest BCUT2D eigenvalue weighted by Crippen LogP contribution is -2.12. The molecular weight excluding hydrogens is 396 g/mol. The zero-order valence-corrected chi connectivity index (χ0v) is 18.1. The second-order valence-corrected chi connectivity index (χ2v) is 8.88. The number of thiazole rings is 1. The molecule has 0 fully saturated rings. The summed E-state index contributed by atoms with van der Waals surface area (Å²) in [5.74, 6) is 0.664. The van der Waals surface area contributed by atoms with Crippen LogP contribution in [-0.4, -0.2) is 26.0 Å². The van der Waals surface area contributed by atoms with Crippen LogP contribution in [-0.2, 0) is 5.41 Å². The van der Waals surface area contributed by atoms with Crippen molar-refractivity contribution in [3.63, 3.8) is 0 Å². The topological polar surface area (TPSA) is 103 Å². The minimum absolute atomic E-state index is 0.100. The number of hydrogen-bond donors (Lipinski definition) is 1. The van der Waals surface area contributed by atoms with Crippen molar-refractivity contribution >= 4 is 23.2 Å². The Labute approximate surface area is 178 Å². The molecule has 30 heavy (non-hydrogen) atoms. The Bertz CT molecular complexity index is 1190. The number of aromatic nitrogens is 4. The molecule has 0 spiro atoms. The fourth-order valence-corrected chi connectivity index (χ4v) is 3.87. The van der Waals surface area contributed by atoms with Gasteiger partial charge < -0.3 is 10.2 Å². The van der Waals surface area contributed by atoms with Gasteiger partial charge in [0.2, 0.25) is 0 Å². The minimum Gasteiger partial charge on any atom is -0.401 e. The van der Waals surface area contributed by atoms with Crippen molar-refractivity contribution < 1.29 is 4.42 Å². The first-order valence-electron chi connectivity index (χ1n) is 9.48. The third-order valence-electron chi connectivity index (χ3n) is 4.60. The van der Waals surface area contributed by atoms with Gasteiger partial charge in [-0.1, -0.05) is 50.1 Å². The third-order valence-corrected chi connectivity index (χ3v) is 5.79. The summed E-state index contributed by atoms with van der Waals surface area (Å²) >= 11 is 1.51. The summed E-state index contributed by atoms with van der Waals surface area (Å²) in [6, 6.07) is 12.1. The zero-order chi connectivity index (χ0) is 21.3. The first-order chi connectivity index (χ1) is 14.3. The molecule has 0 saturated heterocycles. The molecule has 7 nitrogen and oxygen atoms in total. The highest BCUT2D eigenvalue weighted by atomic mass is 32.1. The number of pyridine rings is 1. The lowest BCUT2D eigenvalue weighted by molar-refractivity contribution is 0.580. The Kier molecular flexibility index (Phi) is 5.17. The molecule has 0 aliphatic carbocycles. The van der Waals surface area contributed by atoms with Crippen LogP contribution in [0, 0.1) is 6.92 Å². The minimum atomic E-state index is 0.100. The lowest BCUT2D eigenvalue weighted by Gasteiger charge is -2.18. The summed E-state index contributed by atoms with van der Waals surface area (Å²) in [5, 5.41) is 9.03. The van der Waals surface area contributed by atoms with E-state index in [1.807, 2.05) is 6.92 Å². The van der Waals surface area contributed by atoms with Gasteiger partial charge in [0.25, 0.3) is 5.89 Å². The number of aryl methyl sites for hydroxylation is 1. The normalized spacial score (nSPS) is 12.3. The van der Waals surface area contributed by atoms with Crippen molar-refractivity contribution in [3.8, 4) is 21.3 Å². The maximum Gasteiger partial charge on any atom is 0.344 e. The average Bonchev–Trinajstić information content (AvgIpc) is 3.34. The van der Waals surface area contributed by atoms with E-state index in [1.165, 1.54) is 16.9 Å². The predicted octanol–water partition coefficient (Wildman–Crippen LogP) is 4.90. The van der Waals surface area contributed by atoms with Crippen LogP contribution in [0.1, 0.15) is 37.6 Å². The van der Waals surface area contributed by atoms with Gasteiger partial charge in [-0.05, 0) is 30.0 Å². The van der Waals surface area contributed by atoms with Crippen LogP contribution in [0.3, 0.4) is 0 Å². The Balaban J connectivity index is 1.60. The molecule has 0 radical (unpaired) electrons. The van der Waals surface area contributed by atoms with Gasteiger partial charge in [0, 0.05) is 23.5 Å². The number of nitrogens with two attached hydrogens (primary N) is 1. The van der Waals surface area contributed by atoms with E-state index in [4.69, 9.17) is 15.1 Å². The molecule has 0 atom stereocenters. The molecule has 3 heterocycles. The van der Waals surface area contributed by atoms with Crippen molar-refractivity contribution in [1.29, 1.82) is 0 Å². The van der Waals surface area contributed by atoms with E-state index in [-0.39, 0.29) is 17.3 Å². The second-order valence-electron chi connectivity index (χ2n) is 7.88. The monoisotopic (exact) mass is 418 g/mol. The van der Waals surface area contributed by atoms with Gasteiger partial charge in [-0.2, -0.15) is 4.99 Å². The van der Waals surface area contributed by atoms with Crippen LogP contribution in [0.2, 0.25) is 0 Å². The van der Waals surface area contributed by atoms with E-state index in [9.17, 15) is 0 Å². The molecule has 4 rings (SSSR count). The summed E-state index contributed by atoms with van der Waals surface area (Å²) < 4.78 is 5.72. The molecule has 8 heteroatoms. The van der Waals surface area contributed by atoms with Crippen LogP contribution in [0.25, 0.3) is 21.3 Å². The SMILES string of the molecule is Cc1nc(-c2ccc(C(C)(C)C)cc2)sc1-c1nnc(/N=C(\N)c2ccncc2)o1. The van der Waals surface area contributed by atoms with E-state index in [0.29, 0.717) is 5.89 Å². The Hall–Kier alpha value is -3.39. The summed E-state index contributed by atoms with van der Waals surface area (Å²) in [4.78, 5) is 13.7. The third kappa shape index (κ3) is 4.13. The van der Waals surface area contributed by atoms with E-state index >= 15 is 0 Å². The Morgan fingerprint density at radius 3 is 2.40 bits per heavy atom. The van der Waals surface area contributed by atoms with Crippen LogP contribution in [0.4, 0.5) is 6.01 Å². The first kappa shape index (κ1) is 19.9. The zero-order valence-electron chi connectivity index (χ0n) is 17.2. The largest absolute Gasteiger partial charge is 0.401 e. The van der Waals surface area contributed by atoms with Crippen molar-refractivity contribution in [2.24, 2.45) is 10.7 Å². The van der Waals surface area contributed by atoms with Gasteiger partial charge in [0.15, 0.2) is 0 Å². The fourth-order valence-electron chi connectivity index (χ4n) is 2.87. The number of rotatable bonds is 4. The highest BCUT2D eigenvalue weighted by Crippen LogP contribution is 2.36. The molecule has 1 aromatic carbocycles. The summed E-state index contributed by atoms with van der Waals surface area (Å²) in [6.07, 6.45) is 3.29. The number of aliphatic imine (C=N–C) groups is 1. The summed E-state index contributed by atoms with van der Waals surface area (Å²) in [5.41, 5.74) is 10.0. The van der Waals surface area contributed by atoms with Gasteiger partial charge in [0.05, 0.1) is 5.69 Å². The highest BCUT2D eigenvalue weighted by molar-refractivity contribution is 7.18. The molecule has 0 amide bonds. The lowest BCUT2D eigenvalue weighted by atomic mass is 9.87. The first-order valence-corrected chi connectivity index (χ1v) is 10.3. The van der Waals surface area contributed by atoms with Crippen LogP contribution in [0.5, 0.6) is 0 Å². The number of benzene rings is 1. The average molecular weight is 419 g/mol. The van der Waals surface area contributed by atoms with Crippen LogP contribution >= 0.6 is 11.3 Å². The van der Waals surface area contributed by atoms with Gasteiger partial charge in [-0.25, -0.2) is 4.98 Å². The van der Waals surface area contributed by atoms with Crippen LogP contribution < -0.4 is 5.73 Å². The van der Waals surface area contributed by atoms with Crippen molar-refractivity contribution in [1.82, 2.24) is 20.2 Å². The molecule has 4 aromatic rings. The molecule has 0 bridgehead atoms. The highest BCUT2D eigenvalue weighted by Gasteiger charge is 2.18. The maximum absolute atomic E-state index is 6.01. The maximum atomic E-state index is 6.01. The molecule has 0 unspecified atom stereocenters. The molecular formula is C22H22N6OS. The smallest absolute Gasteiger partial charge is 0.344 e. The van der Waals surface area contributed by atoms with Crippen molar-refractivity contribution in [2.75, 3.05) is 0 Å². The van der Waals surface area contributed by atoms with Gasteiger partial charge in [-0.15, -0.1) is 16.4 Å². The molecule has 0 aliphatic rings. The Morgan fingerprint density at radius 1 is 1.03 bits per heavy atom. The van der Waals surface area contributed by atoms with E-state index in [2.05, 4.69) is 65.2 Å². The van der Waals surface area contributed by atoms with Gasteiger partial charge in [0.1, 0.15) is 15.7 Å². The van der Waals surface area contributed by atoms with E-state index in [1.54, 1.807) is 24.5 Å². The van der Waals surface area contributed by atoms with Gasteiger partial charge in [-0.3, -0.25) is 4.98 Å². The number of nitrogens with zero attached hydrogens (tertiary/aromatic N) is 5. The Morgan fingerprint density at radius 2 is 1.73 bits per heavy atom. The van der Waals surface area contributed by atoms with Crippen molar-refractivity contribution in [3.05, 3.63) is 65.6 Å². The number of amidine groups is 1. The number of hydrogen-bond acceptors (Lipinski definition) is 7. The van der Waals surface area contributed by atoms with Crippen LogP contribution in [0.15, 0.2) is 58.2 Å². The molecule has 0 aliphatic heterocycles. The second kappa shape index (κ2) is 7.79. The summed E-state index contributed by atoms with van der Waals surface area (Å²) in [7, 11) is 0. The van der Waals surface area contributed by atoms with E-state index in [0.717, 1.165) is 26.7 Å². The molecule has 0 saturated carbocycles.